The highest BCUT2D eigenvalue weighted by Gasteiger charge is 2.04. The van der Waals surface area contributed by atoms with Gasteiger partial charge in [0.2, 0.25) is 11.8 Å². The predicted molar refractivity (Wildman–Crippen MR) is 71.2 cm³/mol. The van der Waals surface area contributed by atoms with Gasteiger partial charge in [-0.25, -0.2) is 0 Å². The van der Waals surface area contributed by atoms with Crippen LogP contribution in [-0.2, 0) is 9.59 Å². The van der Waals surface area contributed by atoms with Gasteiger partial charge in [-0.1, -0.05) is 6.08 Å². The van der Waals surface area contributed by atoms with E-state index < -0.39 is 5.91 Å². The summed E-state index contributed by atoms with van der Waals surface area (Å²) < 4.78 is 0. The molecule has 0 fully saturated rings. The topological polar surface area (TPSA) is 108 Å². The Morgan fingerprint density at radius 1 is 1.53 bits per heavy atom. The maximum Gasteiger partial charge on any atom is 0.229 e. The highest BCUT2D eigenvalue weighted by molar-refractivity contribution is 5.96. The Kier molecular flexibility index (Phi) is 11.9. The predicted octanol–water partition coefficient (Wildman–Crippen LogP) is 0.650. The summed E-state index contributed by atoms with van der Waals surface area (Å²) in [4.78, 5) is 25.0. The Bertz CT molecular complexity index is 327. The van der Waals surface area contributed by atoms with Gasteiger partial charge in [0, 0.05) is 14.2 Å². The summed E-state index contributed by atoms with van der Waals surface area (Å²) in [6.45, 7) is 7.97. The van der Waals surface area contributed by atoms with Gasteiger partial charge in [0.1, 0.15) is 6.42 Å². The van der Waals surface area contributed by atoms with Gasteiger partial charge in [-0.05, 0) is 32.0 Å². The SMILES string of the molecule is C=N.C=N/C=C\C(=C/C)CNC(=O)CC(N)=O.[HH]. The van der Waals surface area contributed by atoms with E-state index in [1.54, 1.807) is 6.08 Å². The van der Waals surface area contributed by atoms with Gasteiger partial charge in [0.25, 0.3) is 0 Å². The molecule has 0 radical (unpaired) electrons. The second-order valence-electron chi connectivity index (χ2n) is 2.78. The van der Waals surface area contributed by atoms with E-state index in [9.17, 15) is 9.59 Å². The molecule has 96 valence electrons. The summed E-state index contributed by atoms with van der Waals surface area (Å²) >= 11 is 0. The minimum atomic E-state index is -0.641. The molecule has 0 atom stereocenters. The van der Waals surface area contributed by atoms with Crippen molar-refractivity contribution in [2.24, 2.45) is 10.7 Å². The lowest BCUT2D eigenvalue weighted by Gasteiger charge is -2.03. The lowest BCUT2D eigenvalue weighted by atomic mass is 10.2. The van der Waals surface area contributed by atoms with E-state index in [4.69, 9.17) is 11.1 Å². The molecule has 0 aromatic rings. The van der Waals surface area contributed by atoms with Gasteiger partial charge < -0.3 is 16.5 Å². The average Bonchev–Trinajstić information content (AvgIpc) is 2.31. The van der Waals surface area contributed by atoms with Gasteiger partial charge in [-0.3, -0.25) is 14.6 Å². The monoisotopic (exact) mass is 240 g/mol. The smallest absolute Gasteiger partial charge is 0.229 e. The number of hydrogen-bond acceptors (Lipinski definition) is 4. The summed E-state index contributed by atoms with van der Waals surface area (Å²) in [6, 6.07) is 0. The minimum Gasteiger partial charge on any atom is -0.369 e. The number of nitrogens with two attached hydrogens (primary N) is 1. The molecular formula is C11H20N4O2. The first-order valence-corrected chi connectivity index (χ1v) is 4.78. The van der Waals surface area contributed by atoms with E-state index in [1.165, 1.54) is 6.20 Å². The van der Waals surface area contributed by atoms with Crippen molar-refractivity contribution < 1.29 is 11.0 Å². The second kappa shape index (κ2) is 11.8. The van der Waals surface area contributed by atoms with E-state index in [0.717, 1.165) is 5.57 Å². The number of amides is 2. The molecule has 17 heavy (non-hydrogen) atoms. The molecule has 0 aliphatic carbocycles. The molecule has 0 aromatic heterocycles. The van der Waals surface area contributed by atoms with Gasteiger partial charge in [-0.15, -0.1) is 0 Å². The highest BCUT2D eigenvalue weighted by atomic mass is 16.2. The molecule has 6 heteroatoms. The van der Waals surface area contributed by atoms with Crippen molar-refractivity contribution in [3.05, 3.63) is 23.9 Å². The summed E-state index contributed by atoms with van der Waals surface area (Å²) in [5, 5.41) is 8.05. The average molecular weight is 240 g/mol. The third kappa shape index (κ3) is 11.7. The van der Waals surface area contributed by atoms with Crippen LogP contribution in [0.4, 0.5) is 0 Å². The maximum absolute atomic E-state index is 11.0. The van der Waals surface area contributed by atoms with Crippen molar-refractivity contribution in [3.63, 3.8) is 0 Å². The van der Waals surface area contributed by atoms with Crippen molar-refractivity contribution in [1.82, 2.24) is 5.32 Å². The third-order valence-corrected chi connectivity index (χ3v) is 1.59. The van der Waals surface area contributed by atoms with Crippen LogP contribution < -0.4 is 11.1 Å². The van der Waals surface area contributed by atoms with E-state index in [2.05, 4.69) is 23.7 Å². The lowest BCUT2D eigenvalue weighted by molar-refractivity contribution is -0.127. The number of nitrogens with one attached hydrogen (secondary N) is 2. The van der Waals surface area contributed by atoms with Gasteiger partial charge in [0.05, 0.1) is 0 Å². The molecule has 0 rings (SSSR count). The van der Waals surface area contributed by atoms with E-state index in [-0.39, 0.29) is 13.8 Å². The Hall–Kier alpha value is -2.24. The summed E-state index contributed by atoms with van der Waals surface area (Å²) in [5.74, 6) is -1.03. The molecule has 0 unspecified atom stereocenters. The van der Waals surface area contributed by atoms with Gasteiger partial charge in [0.15, 0.2) is 0 Å². The number of rotatable bonds is 6. The standard InChI is InChI=1S/C10H15N3O2.CH3N.H2/c1-3-8(4-5-12-2)7-13-10(15)6-9(11)14;1-2;/h3-5H,2,6-7H2,1H3,(H2,11,14)(H,13,15);2H,1H2;1H/b5-4-,8-3+;;. The summed E-state index contributed by atoms with van der Waals surface area (Å²) in [7, 11) is 0. The summed E-state index contributed by atoms with van der Waals surface area (Å²) in [6.07, 6.45) is 4.78. The van der Waals surface area contributed by atoms with Crippen molar-refractivity contribution in [1.29, 1.82) is 5.41 Å². The molecule has 0 spiro atoms. The molecule has 0 aromatic carbocycles. The van der Waals surface area contributed by atoms with Crippen molar-refractivity contribution in [3.8, 4) is 0 Å². The number of primary amides is 1. The minimum absolute atomic E-state index is 0. The Morgan fingerprint density at radius 3 is 2.53 bits per heavy atom. The fraction of sp³-hybridized carbons (Fsp3) is 0.273. The normalized spacial score (nSPS) is 10.3. The number of allylic oxidation sites excluding steroid dienone is 1. The zero-order valence-corrected chi connectivity index (χ0v) is 9.90. The Labute approximate surface area is 102 Å². The van der Waals surface area contributed by atoms with E-state index in [1.807, 2.05) is 13.0 Å². The van der Waals surface area contributed by atoms with Crippen molar-refractivity contribution in [2.75, 3.05) is 6.54 Å². The van der Waals surface area contributed by atoms with Crippen LogP contribution in [0.1, 0.15) is 14.8 Å². The lowest BCUT2D eigenvalue weighted by Crippen LogP contribution is -2.29. The van der Waals surface area contributed by atoms with Crippen LogP contribution in [0.15, 0.2) is 28.9 Å². The van der Waals surface area contributed by atoms with Gasteiger partial charge in [-0.2, -0.15) is 0 Å². The molecule has 0 saturated carbocycles. The molecule has 6 nitrogen and oxygen atoms in total. The number of aliphatic imine (C=N–C) groups is 1. The van der Waals surface area contributed by atoms with Crippen LogP contribution in [-0.4, -0.2) is 31.8 Å². The first kappa shape index (κ1) is 17.2. The Morgan fingerprint density at radius 2 is 2.12 bits per heavy atom. The molecule has 0 saturated heterocycles. The summed E-state index contributed by atoms with van der Waals surface area (Å²) in [5.41, 5.74) is 5.74. The van der Waals surface area contributed by atoms with E-state index in [0.29, 0.717) is 6.54 Å². The number of carbonyl (C=O) groups excluding carboxylic acids is 2. The fourth-order valence-electron chi connectivity index (χ4n) is 0.827. The first-order valence-electron chi connectivity index (χ1n) is 4.78. The van der Waals surface area contributed by atoms with Crippen molar-refractivity contribution >= 4 is 25.2 Å². The molecule has 4 N–H and O–H groups in total. The van der Waals surface area contributed by atoms with Crippen LogP contribution in [0.2, 0.25) is 0 Å². The molecule has 0 bridgehead atoms. The zero-order chi connectivity index (χ0) is 13.7. The van der Waals surface area contributed by atoms with Crippen LogP contribution in [0.3, 0.4) is 0 Å². The molecule has 2 amide bonds. The molecule has 0 heterocycles. The van der Waals surface area contributed by atoms with Crippen LogP contribution >= 0.6 is 0 Å². The first-order chi connectivity index (χ1) is 8.10. The molecule has 0 aliphatic rings. The third-order valence-electron chi connectivity index (χ3n) is 1.59. The number of hydrogen-bond donors (Lipinski definition) is 3. The van der Waals surface area contributed by atoms with Crippen molar-refractivity contribution in [2.45, 2.75) is 13.3 Å². The number of nitrogens with zero attached hydrogens (tertiary/aromatic N) is 1. The molecule has 0 aliphatic heterocycles. The number of carbonyl (C=O) groups is 2. The largest absolute Gasteiger partial charge is 0.369 e. The second-order valence-corrected chi connectivity index (χ2v) is 2.78. The quantitative estimate of drug-likeness (QED) is 0.360. The maximum atomic E-state index is 11.0. The van der Waals surface area contributed by atoms with E-state index >= 15 is 0 Å². The Balaban J connectivity index is -0.000000709. The van der Waals surface area contributed by atoms with Crippen LogP contribution in [0.5, 0.6) is 0 Å². The van der Waals surface area contributed by atoms with Crippen LogP contribution in [0, 0.1) is 5.41 Å². The van der Waals surface area contributed by atoms with Gasteiger partial charge >= 0.3 is 0 Å². The fourth-order valence-corrected chi connectivity index (χ4v) is 0.827. The highest BCUT2D eigenvalue weighted by Crippen LogP contribution is 1.95. The molecular weight excluding hydrogens is 220 g/mol. The van der Waals surface area contributed by atoms with Crippen LogP contribution in [0.25, 0.3) is 0 Å². The zero-order valence-electron chi connectivity index (χ0n) is 9.90.